The van der Waals surface area contributed by atoms with Crippen molar-refractivity contribution < 1.29 is 4.74 Å². The summed E-state index contributed by atoms with van der Waals surface area (Å²) in [5.41, 5.74) is 2.46. The maximum atomic E-state index is 5.25. The second kappa shape index (κ2) is 7.90. The van der Waals surface area contributed by atoms with Crippen LogP contribution in [0.25, 0.3) is 0 Å². The molecule has 4 heteroatoms. The number of likely N-dealkylation sites (tertiary alicyclic amines) is 1. The number of aliphatic imine (C=N–C) groups is 1. The quantitative estimate of drug-likeness (QED) is 0.662. The summed E-state index contributed by atoms with van der Waals surface area (Å²) in [5.74, 6) is 1.04. The zero-order valence-corrected chi connectivity index (χ0v) is 12.6. The average Bonchev–Trinajstić information content (AvgIpc) is 2.99. The molecule has 0 saturated carbocycles. The van der Waals surface area contributed by atoms with E-state index in [1.807, 2.05) is 6.07 Å². The number of ether oxygens (including phenoxy) is 1. The monoisotopic (exact) mass is 275 g/mol. The lowest BCUT2D eigenvalue weighted by Crippen LogP contribution is -2.39. The van der Waals surface area contributed by atoms with Gasteiger partial charge in [-0.05, 0) is 30.9 Å². The largest absolute Gasteiger partial charge is 0.380 e. The predicted octanol–water partition coefficient (Wildman–Crippen LogP) is 2.39. The zero-order valence-electron chi connectivity index (χ0n) is 12.6. The summed E-state index contributed by atoms with van der Waals surface area (Å²) in [6, 6.07) is 8.35. The fraction of sp³-hybridized carbons (Fsp3) is 0.562. The molecule has 1 heterocycles. The molecule has 1 aromatic rings. The van der Waals surface area contributed by atoms with Crippen LogP contribution < -0.4 is 5.32 Å². The molecule has 20 heavy (non-hydrogen) atoms. The molecule has 0 atom stereocenters. The van der Waals surface area contributed by atoms with Crippen LogP contribution in [0, 0.1) is 0 Å². The predicted molar refractivity (Wildman–Crippen MR) is 82.8 cm³/mol. The lowest BCUT2D eigenvalue weighted by Gasteiger charge is -2.21. The average molecular weight is 275 g/mol. The van der Waals surface area contributed by atoms with Crippen molar-refractivity contribution >= 4 is 5.96 Å². The SMILES string of the molecule is CCNC(=NCc1ccccc1COC)N1CCCC1. The van der Waals surface area contributed by atoms with E-state index in [4.69, 9.17) is 9.73 Å². The number of nitrogens with one attached hydrogen (secondary N) is 1. The van der Waals surface area contributed by atoms with Gasteiger partial charge in [0, 0.05) is 26.7 Å². The molecule has 110 valence electrons. The van der Waals surface area contributed by atoms with Gasteiger partial charge in [0.2, 0.25) is 0 Å². The first-order valence-electron chi connectivity index (χ1n) is 7.44. The fourth-order valence-corrected chi connectivity index (χ4v) is 2.52. The van der Waals surface area contributed by atoms with Crippen LogP contribution in [0.3, 0.4) is 0 Å². The lowest BCUT2D eigenvalue weighted by atomic mass is 10.1. The van der Waals surface area contributed by atoms with E-state index < -0.39 is 0 Å². The molecule has 0 aromatic heterocycles. The Kier molecular flexibility index (Phi) is 5.87. The smallest absolute Gasteiger partial charge is 0.194 e. The molecule has 1 saturated heterocycles. The van der Waals surface area contributed by atoms with E-state index >= 15 is 0 Å². The third-order valence-electron chi connectivity index (χ3n) is 3.56. The second-order valence-electron chi connectivity index (χ2n) is 5.07. The van der Waals surface area contributed by atoms with Crippen molar-refractivity contribution in [1.82, 2.24) is 10.2 Å². The molecule has 0 amide bonds. The van der Waals surface area contributed by atoms with Crippen LogP contribution in [0.4, 0.5) is 0 Å². The number of hydrogen-bond donors (Lipinski definition) is 1. The van der Waals surface area contributed by atoms with Gasteiger partial charge in [0.15, 0.2) is 5.96 Å². The molecular formula is C16H25N3O. The van der Waals surface area contributed by atoms with Gasteiger partial charge in [-0.2, -0.15) is 0 Å². The van der Waals surface area contributed by atoms with Crippen molar-refractivity contribution in [1.29, 1.82) is 0 Å². The molecule has 2 rings (SSSR count). The number of nitrogens with zero attached hydrogens (tertiary/aromatic N) is 2. The normalized spacial score (nSPS) is 15.7. The van der Waals surface area contributed by atoms with Gasteiger partial charge in [-0.25, -0.2) is 4.99 Å². The Morgan fingerprint density at radius 2 is 1.95 bits per heavy atom. The number of methoxy groups -OCH3 is 1. The van der Waals surface area contributed by atoms with Gasteiger partial charge in [0.1, 0.15) is 0 Å². The first-order valence-corrected chi connectivity index (χ1v) is 7.44. The second-order valence-corrected chi connectivity index (χ2v) is 5.07. The molecule has 1 fully saturated rings. The Hall–Kier alpha value is -1.55. The molecule has 0 aliphatic carbocycles. The summed E-state index contributed by atoms with van der Waals surface area (Å²) in [6.45, 7) is 6.61. The number of hydrogen-bond acceptors (Lipinski definition) is 2. The third kappa shape index (κ3) is 3.97. The van der Waals surface area contributed by atoms with Gasteiger partial charge >= 0.3 is 0 Å². The molecule has 1 aliphatic heterocycles. The van der Waals surface area contributed by atoms with Crippen LogP contribution in [-0.4, -0.2) is 37.6 Å². The molecule has 1 aliphatic rings. The van der Waals surface area contributed by atoms with Crippen LogP contribution in [0.5, 0.6) is 0 Å². The Balaban J connectivity index is 2.08. The first kappa shape index (κ1) is 14.9. The summed E-state index contributed by atoms with van der Waals surface area (Å²) >= 11 is 0. The Labute approximate surface area is 121 Å². The van der Waals surface area contributed by atoms with Gasteiger partial charge in [0.05, 0.1) is 13.2 Å². The summed E-state index contributed by atoms with van der Waals surface area (Å²) < 4.78 is 5.25. The number of rotatable bonds is 5. The Bertz CT molecular complexity index is 439. The van der Waals surface area contributed by atoms with E-state index in [1.165, 1.54) is 24.0 Å². The Morgan fingerprint density at radius 1 is 1.25 bits per heavy atom. The minimum Gasteiger partial charge on any atom is -0.380 e. The topological polar surface area (TPSA) is 36.9 Å². The highest BCUT2D eigenvalue weighted by Crippen LogP contribution is 2.13. The van der Waals surface area contributed by atoms with E-state index in [2.05, 4.69) is 35.3 Å². The summed E-state index contributed by atoms with van der Waals surface area (Å²) in [6.07, 6.45) is 2.54. The zero-order chi connectivity index (χ0) is 14.2. The first-order chi connectivity index (χ1) is 9.85. The van der Waals surface area contributed by atoms with Crippen LogP contribution in [0.2, 0.25) is 0 Å². The van der Waals surface area contributed by atoms with Crippen molar-refractivity contribution in [2.75, 3.05) is 26.7 Å². The highest BCUT2D eigenvalue weighted by Gasteiger charge is 2.15. The summed E-state index contributed by atoms with van der Waals surface area (Å²) in [7, 11) is 1.73. The van der Waals surface area contributed by atoms with Crippen molar-refractivity contribution in [3.63, 3.8) is 0 Å². The highest BCUT2D eigenvalue weighted by atomic mass is 16.5. The molecule has 0 bridgehead atoms. The minimum atomic E-state index is 0.645. The van der Waals surface area contributed by atoms with Crippen molar-refractivity contribution in [2.45, 2.75) is 32.9 Å². The summed E-state index contributed by atoms with van der Waals surface area (Å²) in [5, 5.41) is 3.39. The fourth-order valence-electron chi connectivity index (χ4n) is 2.52. The molecule has 0 radical (unpaired) electrons. The maximum Gasteiger partial charge on any atom is 0.194 e. The van der Waals surface area contributed by atoms with Gasteiger partial charge in [0.25, 0.3) is 0 Å². The van der Waals surface area contributed by atoms with E-state index in [0.717, 1.165) is 25.6 Å². The summed E-state index contributed by atoms with van der Waals surface area (Å²) in [4.78, 5) is 7.13. The standard InChI is InChI=1S/C16H25N3O/c1-3-17-16(19-10-6-7-11-19)18-12-14-8-4-5-9-15(14)13-20-2/h4-5,8-9H,3,6-7,10-13H2,1-2H3,(H,17,18). The molecule has 1 aromatic carbocycles. The number of guanidine groups is 1. The van der Waals surface area contributed by atoms with Crippen LogP contribution in [0.1, 0.15) is 30.9 Å². The third-order valence-corrected chi connectivity index (χ3v) is 3.56. The van der Waals surface area contributed by atoms with E-state index in [9.17, 15) is 0 Å². The van der Waals surface area contributed by atoms with Crippen LogP contribution in [0.15, 0.2) is 29.3 Å². The van der Waals surface area contributed by atoms with Crippen molar-refractivity contribution in [3.8, 4) is 0 Å². The number of benzene rings is 1. The Morgan fingerprint density at radius 3 is 2.60 bits per heavy atom. The van der Waals surface area contributed by atoms with Crippen molar-refractivity contribution in [2.24, 2.45) is 4.99 Å². The molecule has 4 nitrogen and oxygen atoms in total. The van der Waals surface area contributed by atoms with Crippen molar-refractivity contribution in [3.05, 3.63) is 35.4 Å². The van der Waals surface area contributed by atoms with Gasteiger partial charge in [-0.1, -0.05) is 24.3 Å². The van der Waals surface area contributed by atoms with E-state index in [0.29, 0.717) is 13.2 Å². The van der Waals surface area contributed by atoms with Gasteiger partial charge in [-0.15, -0.1) is 0 Å². The maximum absolute atomic E-state index is 5.25. The van der Waals surface area contributed by atoms with Crippen LogP contribution >= 0.6 is 0 Å². The highest BCUT2D eigenvalue weighted by molar-refractivity contribution is 5.80. The molecule has 0 unspecified atom stereocenters. The van der Waals surface area contributed by atoms with Gasteiger partial charge in [-0.3, -0.25) is 0 Å². The molecular weight excluding hydrogens is 250 g/mol. The molecule has 0 spiro atoms. The van der Waals surface area contributed by atoms with E-state index in [-0.39, 0.29) is 0 Å². The molecule has 1 N–H and O–H groups in total. The van der Waals surface area contributed by atoms with E-state index in [1.54, 1.807) is 7.11 Å². The van der Waals surface area contributed by atoms with Gasteiger partial charge < -0.3 is 15.0 Å². The minimum absolute atomic E-state index is 0.645. The lowest BCUT2D eigenvalue weighted by molar-refractivity contribution is 0.184. The van der Waals surface area contributed by atoms with Crippen LogP contribution in [-0.2, 0) is 17.9 Å².